The van der Waals surface area contributed by atoms with Gasteiger partial charge in [0.15, 0.2) is 17.3 Å². The van der Waals surface area contributed by atoms with E-state index < -0.39 is 0 Å². The van der Waals surface area contributed by atoms with Crippen molar-refractivity contribution in [2.24, 2.45) is 0 Å². The van der Waals surface area contributed by atoms with Crippen molar-refractivity contribution < 1.29 is 14.2 Å². The fourth-order valence-corrected chi connectivity index (χ4v) is 2.74. The number of rotatable bonds is 5. The first-order valence-electron chi connectivity index (χ1n) is 7.73. The molecule has 26 heavy (non-hydrogen) atoms. The van der Waals surface area contributed by atoms with Crippen LogP contribution < -0.4 is 19.8 Å². The lowest BCUT2D eigenvalue weighted by Gasteiger charge is -2.09. The number of nitrogens with zero attached hydrogens (tertiary/aromatic N) is 1. The van der Waals surface area contributed by atoms with Crippen LogP contribution >= 0.6 is 11.6 Å². The van der Waals surface area contributed by atoms with Gasteiger partial charge in [-0.15, -0.1) is 0 Å². The predicted octanol–water partition coefficient (Wildman–Crippen LogP) is 3.69. The Balaban J connectivity index is 2.09. The third kappa shape index (κ3) is 3.50. The smallest absolute Gasteiger partial charge is 0.259 e. The molecule has 0 saturated heterocycles. The molecule has 6 nitrogen and oxygen atoms in total. The van der Waals surface area contributed by atoms with Gasteiger partial charge in [0.25, 0.3) is 5.56 Å². The highest BCUT2D eigenvalue weighted by Crippen LogP contribution is 2.30. The summed E-state index contributed by atoms with van der Waals surface area (Å²) in [4.78, 5) is 19.6. The fourth-order valence-electron chi connectivity index (χ4n) is 2.52. The molecule has 0 saturated carbocycles. The number of nitrogens with one attached hydrogen (secondary N) is 1. The quantitative estimate of drug-likeness (QED) is 0.739. The second kappa shape index (κ2) is 7.49. The summed E-state index contributed by atoms with van der Waals surface area (Å²) < 4.78 is 15.7. The average Bonchev–Trinajstić information content (AvgIpc) is 2.66. The van der Waals surface area contributed by atoms with E-state index in [1.807, 2.05) is 24.3 Å². The molecule has 1 heterocycles. The van der Waals surface area contributed by atoms with Crippen LogP contribution in [0.15, 0.2) is 41.2 Å². The number of halogens is 1. The van der Waals surface area contributed by atoms with Gasteiger partial charge in [0.1, 0.15) is 5.75 Å². The van der Waals surface area contributed by atoms with Gasteiger partial charge in [-0.25, -0.2) is 4.98 Å². The molecule has 0 aliphatic rings. The van der Waals surface area contributed by atoms with Crippen molar-refractivity contribution in [2.45, 2.75) is 0 Å². The van der Waals surface area contributed by atoms with Crippen LogP contribution in [-0.4, -0.2) is 31.3 Å². The number of H-pyrrole nitrogens is 1. The van der Waals surface area contributed by atoms with E-state index in [9.17, 15) is 4.79 Å². The maximum Gasteiger partial charge on any atom is 0.259 e. The summed E-state index contributed by atoms with van der Waals surface area (Å²) in [6.45, 7) is 0. The molecule has 0 atom stereocenters. The van der Waals surface area contributed by atoms with E-state index in [0.717, 1.165) is 5.56 Å². The molecule has 0 amide bonds. The number of ether oxygens (including phenoxy) is 3. The second-order valence-electron chi connectivity index (χ2n) is 5.41. The first-order chi connectivity index (χ1) is 12.5. The van der Waals surface area contributed by atoms with Crippen LogP contribution in [0.5, 0.6) is 17.2 Å². The van der Waals surface area contributed by atoms with Crippen molar-refractivity contribution in [1.29, 1.82) is 0 Å². The number of hydrogen-bond donors (Lipinski definition) is 1. The molecule has 0 unspecified atom stereocenters. The molecule has 3 rings (SSSR count). The van der Waals surface area contributed by atoms with Gasteiger partial charge in [0.05, 0.1) is 37.3 Å². The lowest BCUT2D eigenvalue weighted by Crippen LogP contribution is -2.11. The minimum Gasteiger partial charge on any atom is -0.497 e. The van der Waals surface area contributed by atoms with Crippen LogP contribution in [0.25, 0.3) is 22.0 Å². The highest BCUT2D eigenvalue weighted by atomic mass is 35.5. The zero-order chi connectivity index (χ0) is 18.7. The highest BCUT2D eigenvalue weighted by molar-refractivity contribution is 6.50. The highest BCUT2D eigenvalue weighted by Gasteiger charge is 2.12. The van der Waals surface area contributed by atoms with Crippen molar-refractivity contribution in [3.8, 4) is 17.2 Å². The van der Waals surface area contributed by atoms with Gasteiger partial charge in [0, 0.05) is 6.07 Å². The Hall–Kier alpha value is -2.99. The third-order valence-electron chi connectivity index (χ3n) is 3.82. The molecule has 1 aromatic heterocycles. The van der Waals surface area contributed by atoms with Crippen LogP contribution in [0, 0.1) is 0 Å². The second-order valence-corrected chi connectivity index (χ2v) is 5.81. The van der Waals surface area contributed by atoms with Gasteiger partial charge in [0.2, 0.25) is 0 Å². The molecular weight excluding hydrogens is 356 g/mol. The Morgan fingerprint density at radius 2 is 1.81 bits per heavy atom. The lowest BCUT2D eigenvalue weighted by molar-refractivity contribution is 0.355. The van der Waals surface area contributed by atoms with E-state index >= 15 is 0 Å². The molecule has 0 aliphatic heterocycles. The van der Waals surface area contributed by atoms with Crippen LogP contribution in [0.2, 0.25) is 0 Å². The van der Waals surface area contributed by atoms with E-state index in [0.29, 0.717) is 33.2 Å². The zero-order valence-corrected chi connectivity index (χ0v) is 15.3. The summed E-state index contributed by atoms with van der Waals surface area (Å²) in [5.41, 5.74) is 0.964. The van der Waals surface area contributed by atoms with Crippen molar-refractivity contribution in [3.05, 3.63) is 58.1 Å². The number of aromatic nitrogens is 2. The van der Waals surface area contributed by atoms with Crippen LogP contribution in [0.3, 0.4) is 0 Å². The molecule has 3 aromatic rings. The topological polar surface area (TPSA) is 73.4 Å². The molecule has 0 fully saturated rings. The summed E-state index contributed by atoms with van der Waals surface area (Å²) >= 11 is 6.37. The fraction of sp³-hybridized carbons (Fsp3) is 0.158. The van der Waals surface area contributed by atoms with Crippen molar-refractivity contribution >= 4 is 33.6 Å². The molecule has 2 aromatic carbocycles. The van der Waals surface area contributed by atoms with Crippen LogP contribution in [-0.2, 0) is 0 Å². The minimum absolute atomic E-state index is 0.263. The van der Waals surface area contributed by atoms with E-state index in [2.05, 4.69) is 9.97 Å². The Kier molecular flexibility index (Phi) is 5.14. The molecule has 0 aliphatic carbocycles. The lowest BCUT2D eigenvalue weighted by atomic mass is 10.2. The standard InChI is InChI=1S/C19H17ClN2O4/c1-24-12-6-4-5-11(7-12)8-14(20)18-21-15-10-17(26-3)16(25-2)9-13(15)19(23)22-18/h4-10H,1-3H3,(H,21,22,23)/b14-8-. The Labute approximate surface area is 155 Å². The van der Waals surface area contributed by atoms with Gasteiger partial charge in [-0.1, -0.05) is 23.7 Å². The van der Waals surface area contributed by atoms with Crippen molar-refractivity contribution in [1.82, 2.24) is 9.97 Å². The maximum atomic E-state index is 12.4. The van der Waals surface area contributed by atoms with Gasteiger partial charge >= 0.3 is 0 Å². The SMILES string of the molecule is COc1cccc(/C=C(\Cl)c2nc3cc(OC)c(OC)cc3c(=O)[nH]2)c1. The number of methoxy groups -OCH3 is 3. The average molecular weight is 373 g/mol. The molecule has 0 spiro atoms. The summed E-state index contributed by atoms with van der Waals surface area (Å²) in [6.07, 6.45) is 1.70. The molecule has 7 heteroatoms. The predicted molar refractivity (Wildman–Crippen MR) is 102 cm³/mol. The summed E-state index contributed by atoms with van der Waals surface area (Å²) in [7, 11) is 4.62. The van der Waals surface area contributed by atoms with Crippen molar-refractivity contribution in [3.63, 3.8) is 0 Å². The van der Waals surface area contributed by atoms with E-state index in [-0.39, 0.29) is 11.4 Å². The Morgan fingerprint density at radius 1 is 1.08 bits per heavy atom. The number of fused-ring (bicyclic) bond motifs is 1. The first-order valence-corrected chi connectivity index (χ1v) is 8.11. The van der Waals surface area contributed by atoms with E-state index in [4.69, 9.17) is 25.8 Å². The largest absolute Gasteiger partial charge is 0.497 e. The number of aromatic amines is 1. The Bertz CT molecular complexity index is 1040. The number of benzene rings is 2. The molecule has 0 bridgehead atoms. The minimum atomic E-state index is -0.317. The van der Waals surface area contributed by atoms with Crippen LogP contribution in [0.4, 0.5) is 0 Å². The molecule has 1 N–H and O–H groups in total. The van der Waals surface area contributed by atoms with E-state index in [1.165, 1.54) is 14.2 Å². The first kappa shape index (κ1) is 17.8. The van der Waals surface area contributed by atoms with Crippen LogP contribution in [0.1, 0.15) is 11.4 Å². The Morgan fingerprint density at radius 3 is 2.50 bits per heavy atom. The maximum absolute atomic E-state index is 12.4. The van der Waals surface area contributed by atoms with Gasteiger partial charge in [-0.2, -0.15) is 0 Å². The van der Waals surface area contributed by atoms with Gasteiger partial charge < -0.3 is 19.2 Å². The summed E-state index contributed by atoms with van der Waals surface area (Å²) in [6, 6.07) is 10.6. The zero-order valence-electron chi connectivity index (χ0n) is 14.5. The third-order valence-corrected chi connectivity index (χ3v) is 4.11. The molecule has 134 valence electrons. The normalized spacial score (nSPS) is 11.5. The van der Waals surface area contributed by atoms with Crippen molar-refractivity contribution in [2.75, 3.05) is 21.3 Å². The van der Waals surface area contributed by atoms with Gasteiger partial charge in [-0.05, 0) is 29.8 Å². The summed E-state index contributed by atoms with van der Waals surface area (Å²) in [5, 5.41) is 0.685. The molecular formula is C19H17ClN2O4. The summed E-state index contributed by atoms with van der Waals surface area (Å²) in [5.74, 6) is 1.91. The molecule has 0 radical (unpaired) electrons. The van der Waals surface area contributed by atoms with E-state index in [1.54, 1.807) is 25.3 Å². The monoisotopic (exact) mass is 372 g/mol. The van der Waals surface area contributed by atoms with Gasteiger partial charge in [-0.3, -0.25) is 4.79 Å². The number of hydrogen-bond acceptors (Lipinski definition) is 5.